The molecule has 0 aliphatic carbocycles. The highest BCUT2D eigenvalue weighted by atomic mass is 127. The van der Waals surface area contributed by atoms with Crippen LogP contribution < -0.4 is 0 Å². The number of benzene rings is 1. The highest BCUT2D eigenvalue weighted by molar-refractivity contribution is 14.1. The van der Waals surface area contributed by atoms with Crippen LogP contribution in [0.4, 0.5) is 0 Å². The molecule has 10 heavy (non-hydrogen) atoms. The molecule has 1 unspecified atom stereocenters. The van der Waals surface area contributed by atoms with Crippen molar-refractivity contribution < 1.29 is 0 Å². The van der Waals surface area contributed by atoms with E-state index in [1.54, 1.807) is 0 Å². The molecule has 1 aromatic carbocycles. The molecule has 1 rings (SSSR count). The van der Waals surface area contributed by atoms with E-state index in [1.165, 1.54) is 9.13 Å². The van der Waals surface area contributed by atoms with Gasteiger partial charge >= 0.3 is 0 Å². The minimum Gasteiger partial charge on any atom is -0.0841 e. The van der Waals surface area contributed by atoms with E-state index < -0.39 is 0 Å². The second kappa shape index (κ2) is 3.72. The van der Waals surface area contributed by atoms with Crippen LogP contribution in [-0.4, -0.2) is 0 Å². The highest BCUT2D eigenvalue weighted by Gasteiger charge is 2.02. The Morgan fingerprint density at radius 3 is 2.40 bits per heavy atom. The maximum atomic E-state index is 3.53. The lowest BCUT2D eigenvalue weighted by molar-refractivity contribution is 1.11. The predicted molar refractivity (Wildman–Crippen MR) is 56.5 cm³/mol. The van der Waals surface area contributed by atoms with Crippen LogP contribution in [0.1, 0.15) is 17.3 Å². The second-order valence-electron chi connectivity index (χ2n) is 2.14. The van der Waals surface area contributed by atoms with Gasteiger partial charge in [-0.2, -0.15) is 0 Å². The van der Waals surface area contributed by atoms with Gasteiger partial charge in [-0.3, -0.25) is 0 Å². The highest BCUT2D eigenvalue weighted by Crippen LogP contribution is 2.25. The number of hydrogen-bond acceptors (Lipinski definition) is 0. The van der Waals surface area contributed by atoms with Gasteiger partial charge in [0.2, 0.25) is 0 Å². The minimum absolute atomic E-state index is 0.459. The van der Waals surface area contributed by atoms with Crippen LogP contribution in [-0.2, 0) is 0 Å². The smallest absolute Gasteiger partial charge is 0.0377 e. The molecule has 0 radical (unpaired) electrons. The standard InChI is InChI=1S/C8H8BrI/c1-6(9)7-4-2-3-5-8(7)10/h2-6H,1H3. The largest absolute Gasteiger partial charge is 0.0841 e. The van der Waals surface area contributed by atoms with E-state index in [4.69, 9.17) is 0 Å². The summed E-state index contributed by atoms with van der Waals surface area (Å²) >= 11 is 5.87. The summed E-state index contributed by atoms with van der Waals surface area (Å²) in [6, 6.07) is 8.38. The van der Waals surface area contributed by atoms with E-state index in [0.29, 0.717) is 4.83 Å². The Bertz CT molecular complexity index is 220. The molecule has 1 atom stereocenters. The van der Waals surface area contributed by atoms with Gasteiger partial charge in [-0.1, -0.05) is 34.1 Å². The van der Waals surface area contributed by atoms with Crippen molar-refractivity contribution in [3.63, 3.8) is 0 Å². The molecule has 0 spiro atoms. The first-order valence-electron chi connectivity index (χ1n) is 3.10. The summed E-state index contributed by atoms with van der Waals surface area (Å²) in [7, 11) is 0. The van der Waals surface area contributed by atoms with Gasteiger partial charge in [0, 0.05) is 8.40 Å². The monoisotopic (exact) mass is 310 g/mol. The van der Waals surface area contributed by atoms with Crippen LogP contribution in [0.3, 0.4) is 0 Å². The Hall–Kier alpha value is 0.430. The van der Waals surface area contributed by atoms with E-state index in [1.807, 2.05) is 0 Å². The number of hydrogen-bond donors (Lipinski definition) is 0. The molecule has 1 aromatic rings. The number of rotatable bonds is 1. The van der Waals surface area contributed by atoms with Crippen molar-refractivity contribution in [1.82, 2.24) is 0 Å². The molecular weight excluding hydrogens is 303 g/mol. The molecule has 54 valence electrons. The van der Waals surface area contributed by atoms with Gasteiger partial charge in [0.15, 0.2) is 0 Å². The summed E-state index contributed by atoms with van der Waals surface area (Å²) in [6.45, 7) is 2.14. The first-order valence-corrected chi connectivity index (χ1v) is 5.10. The summed E-state index contributed by atoms with van der Waals surface area (Å²) in [6.07, 6.45) is 0. The Labute approximate surface area is 83.3 Å². The van der Waals surface area contributed by atoms with Gasteiger partial charge < -0.3 is 0 Å². The first kappa shape index (κ1) is 8.53. The van der Waals surface area contributed by atoms with Crippen LogP contribution in [0.5, 0.6) is 0 Å². The van der Waals surface area contributed by atoms with Gasteiger partial charge in [0.1, 0.15) is 0 Å². The van der Waals surface area contributed by atoms with Gasteiger partial charge in [0.05, 0.1) is 0 Å². The molecule has 0 aromatic heterocycles. The summed E-state index contributed by atoms with van der Waals surface area (Å²) in [5.41, 5.74) is 1.36. The van der Waals surface area contributed by atoms with E-state index in [-0.39, 0.29) is 0 Å². The lowest BCUT2D eigenvalue weighted by Gasteiger charge is -2.04. The summed E-state index contributed by atoms with van der Waals surface area (Å²) in [5.74, 6) is 0. The van der Waals surface area contributed by atoms with Crippen molar-refractivity contribution in [1.29, 1.82) is 0 Å². The molecule has 2 heteroatoms. The molecule has 0 saturated heterocycles. The van der Waals surface area contributed by atoms with E-state index in [9.17, 15) is 0 Å². The minimum atomic E-state index is 0.459. The third-order valence-electron chi connectivity index (χ3n) is 1.33. The molecule has 0 nitrogen and oxygen atoms in total. The Morgan fingerprint density at radius 2 is 2.00 bits per heavy atom. The normalized spacial score (nSPS) is 13.1. The second-order valence-corrected chi connectivity index (χ2v) is 4.67. The summed E-state index contributed by atoms with van der Waals surface area (Å²) in [5, 5.41) is 0. The predicted octanol–water partition coefficient (Wildman–Crippen LogP) is 3.75. The zero-order chi connectivity index (χ0) is 7.56. The fourth-order valence-corrected chi connectivity index (χ4v) is 2.48. The summed E-state index contributed by atoms with van der Waals surface area (Å²) in [4.78, 5) is 0.459. The van der Waals surface area contributed by atoms with Crippen molar-refractivity contribution in [3.8, 4) is 0 Å². The lowest BCUT2D eigenvalue weighted by atomic mass is 10.2. The van der Waals surface area contributed by atoms with Crippen LogP contribution in [0.15, 0.2) is 24.3 Å². The van der Waals surface area contributed by atoms with Crippen LogP contribution in [0.25, 0.3) is 0 Å². The van der Waals surface area contributed by atoms with Crippen LogP contribution >= 0.6 is 38.5 Å². The Balaban J connectivity index is 3.03. The fraction of sp³-hybridized carbons (Fsp3) is 0.250. The van der Waals surface area contributed by atoms with Crippen molar-refractivity contribution >= 4 is 38.5 Å². The molecule has 0 aliphatic rings. The van der Waals surface area contributed by atoms with Crippen molar-refractivity contribution in [2.24, 2.45) is 0 Å². The van der Waals surface area contributed by atoms with E-state index >= 15 is 0 Å². The third-order valence-corrected chi connectivity index (χ3v) is 2.81. The summed E-state index contributed by atoms with van der Waals surface area (Å²) < 4.78 is 1.32. The van der Waals surface area contributed by atoms with E-state index in [2.05, 4.69) is 69.7 Å². The van der Waals surface area contributed by atoms with Crippen LogP contribution in [0.2, 0.25) is 0 Å². The first-order chi connectivity index (χ1) is 4.72. The van der Waals surface area contributed by atoms with Gasteiger partial charge in [-0.25, -0.2) is 0 Å². The average molecular weight is 311 g/mol. The molecule has 0 bridgehead atoms. The SMILES string of the molecule is CC(Br)c1ccccc1I. The van der Waals surface area contributed by atoms with Gasteiger partial charge in [-0.15, -0.1) is 0 Å². The van der Waals surface area contributed by atoms with Crippen molar-refractivity contribution in [2.45, 2.75) is 11.8 Å². The van der Waals surface area contributed by atoms with Crippen molar-refractivity contribution in [2.75, 3.05) is 0 Å². The van der Waals surface area contributed by atoms with Crippen molar-refractivity contribution in [3.05, 3.63) is 33.4 Å². The maximum absolute atomic E-state index is 3.53. The molecule has 0 amide bonds. The van der Waals surface area contributed by atoms with Crippen LogP contribution in [0, 0.1) is 3.57 Å². The number of alkyl halides is 1. The average Bonchev–Trinajstić information content (AvgIpc) is 1.88. The maximum Gasteiger partial charge on any atom is 0.0377 e. The van der Waals surface area contributed by atoms with Gasteiger partial charge in [0.25, 0.3) is 0 Å². The Kier molecular flexibility index (Phi) is 3.17. The topological polar surface area (TPSA) is 0 Å². The third kappa shape index (κ3) is 1.95. The zero-order valence-corrected chi connectivity index (χ0v) is 9.39. The Morgan fingerprint density at radius 1 is 1.40 bits per heavy atom. The van der Waals surface area contributed by atoms with E-state index in [0.717, 1.165) is 0 Å². The molecule has 0 aliphatic heterocycles. The number of halogens is 2. The lowest BCUT2D eigenvalue weighted by Crippen LogP contribution is -1.86. The fourth-order valence-electron chi connectivity index (χ4n) is 0.798. The molecule has 0 heterocycles. The zero-order valence-electron chi connectivity index (χ0n) is 5.64. The molecule has 0 N–H and O–H groups in total. The molecule has 0 fully saturated rings. The van der Waals surface area contributed by atoms with Gasteiger partial charge in [-0.05, 0) is 41.1 Å². The molecular formula is C8H8BrI. The quantitative estimate of drug-likeness (QED) is 0.547. The molecule has 0 saturated carbocycles.